The standard InChI is InChI=1S/C16H16N2O5/c19-14(18-6-7-22-13(9-18)16(20)21)8-12-10-23-15(17-12)11-4-2-1-3-5-11/h1-5,10,13H,6-9H2,(H,20,21). The molecule has 1 atom stereocenters. The molecule has 1 amide bonds. The number of carboxylic acid groups (broad SMARTS) is 1. The van der Waals surface area contributed by atoms with E-state index in [2.05, 4.69) is 4.98 Å². The second-order valence-corrected chi connectivity index (χ2v) is 5.22. The van der Waals surface area contributed by atoms with Crippen LogP contribution in [0.2, 0.25) is 0 Å². The minimum absolute atomic E-state index is 0.0531. The van der Waals surface area contributed by atoms with Crippen LogP contribution in [0.5, 0.6) is 0 Å². The van der Waals surface area contributed by atoms with Gasteiger partial charge in [0.05, 0.1) is 25.3 Å². The minimum Gasteiger partial charge on any atom is -0.479 e. The van der Waals surface area contributed by atoms with E-state index >= 15 is 0 Å². The Morgan fingerprint density at radius 2 is 2.09 bits per heavy atom. The van der Waals surface area contributed by atoms with Crippen LogP contribution in [0.3, 0.4) is 0 Å². The zero-order chi connectivity index (χ0) is 16.2. The van der Waals surface area contributed by atoms with Crippen LogP contribution in [0.4, 0.5) is 0 Å². The topological polar surface area (TPSA) is 92.9 Å². The summed E-state index contributed by atoms with van der Waals surface area (Å²) >= 11 is 0. The first-order chi connectivity index (χ1) is 11.1. The van der Waals surface area contributed by atoms with Gasteiger partial charge in [0.25, 0.3) is 0 Å². The smallest absolute Gasteiger partial charge is 0.334 e. The second-order valence-electron chi connectivity index (χ2n) is 5.22. The lowest BCUT2D eigenvalue weighted by molar-refractivity contribution is -0.159. The molecule has 1 aromatic heterocycles. The van der Waals surface area contributed by atoms with Crippen LogP contribution in [0.1, 0.15) is 5.69 Å². The molecule has 0 spiro atoms. The lowest BCUT2D eigenvalue weighted by atomic mass is 10.2. The van der Waals surface area contributed by atoms with Crippen molar-refractivity contribution in [3.63, 3.8) is 0 Å². The van der Waals surface area contributed by atoms with Crippen molar-refractivity contribution in [2.45, 2.75) is 12.5 Å². The van der Waals surface area contributed by atoms with Crippen molar-refractivity contribution >= 4 is 11.9 Å². The van der Waals surface area contributed by atoms with Crippen LogP contribution in [0, 0.1) is 0 Å². The number of rotatable bonds is 4. The molecule has 1 aliphatic heterocycles. The molecule has 120 valence electrons. The van der Waals surface area contributed by atoms with E-state index in [1.54, 1.807) is 0 Å². The summed E-state index contributed by atoms with van der Waals surface area (Å²) in [6.07, 6.45) is 0.558. The molecule has 3 rings (SSSR count). The molecule has 2 aromatic rings. The Balaban J connectivity index is 1.64. The first-order valence-corrected chi connectivity index (χ1v) is 7.25. The van der Waals surface area contributed by atoms with Crippen molar-refractivity contribution in [1.82, 2.24) is 9.88 Å². The zero-order valence-corrected chi connectivity index (χ0v) is 12.3. The van der Waals surface area contributed by atoms with E-state index in [0.29, 0.717) is 18.1 Å². The number of morpholine rings is 1. The maximum absolute atomic E-state index is 12.3. The largest absolute Gasteiger partial charge is 0.479 e. The molecule has 0 aliphatic carbocycles. The van der Waals surface area contributed by atoms with Crippen molar-refractivity contribution in [2.24, 2.45) is 0 Å². The highest BCUT2D eigenvalue weighted by Crippen LogP contribution is 2.18. The summed E-state index contributed by atoms with van der Waals surface area (Å²) in [6, 6.07) is 9.40. The summed E-state index contributed by atoms with van der Waals surface area (Å²) < 4.78 is 10.5. The van der Waals surface area contributed by atoms with E-state index in [4.69, 9.17) is 14.3 Å². The zero-order valence-electron chi connectivity index (χ0n) is 12.3. The molecule has 23 heavy (non-hydrogen) atoms. The number of oxazole rings is 1. The van der Waals surface area contributed by atoms with E-state index in [1.165, 1.54) is 11.2 Å². The molecule has 1 N–H and O–H groups in total. The average Bonchev–Trinajstić information content (AvgIpc) is 3.04. The predicted octanol–water partition coefficient (Wildman–Crippen LogP) is 1.20. The molecule has 1 aliphatic rings. The van der Waals surface area contributed by atoms with Crippen molar-refractivity contribution in [2.75, 3.05) is 19.7 Å². The van der Waals surface area contributed by atoms with Gasteiger partial charge in [0, 0.05) is 12.1 Å². The molecule has 7 heteroatoms. The van der Waals surface area contributed by atoms with Gasteiger partial charge in [0.2, 0.25) is 11.8 Å². The number of hydrogen-bond donors (Lipinski definition) is 1. The highest BCUT2D eigenvalue weighted by atomic mass is 16.5. The molecule has 1 aromatic carbocycles. The van der Waals surface area contributed by atoms with Gasteiger partial charge in [-0.05, 0) is 12.1 Å². The van der Waals surface area contributed by atoms with Crippen molar-refractivity contribution < 1.29 is 23.8 Å². The van der Waals surface area contributed by atoms with Gasteiger partial charge < -0.3 is 19.2 Å². The number of ether oxygens (including phenoxy) is 1. The number of aliphatic carboxylic acids is 1. The number of carboxylic acids is 1. The van der Waals surface area contributed by atoms with Gasteiger partial charge in [-0.2, -0.15) is 0 Å². The van der Waals surface area contributed by atoms with E-state index in [-0.39, 0.29) is 25.5 Å². The van der Waals surface area contributed by atoms with E-state index in [1.807, 2.05) is 30.3 Å². The van der Waals surface area contributed by atoms with Gasteiger partial charge in [-0.3, -0.25) is 4.79 Å². The second kappa shape index (κ2) is 6.62. The average molecular weight is 316 g/mol. The monoisotopic (exact) mass is 316 g/mol. The third-order valence-electron chi connectivity index (χ3n) is 3.60. The molecule has 0 bridgehead atoms. The Labute approximate surface area is 132 Å². The quantitative estimate of drug-likeness (QED) is 0.911. The van der Waals surface area contributed by atoms with Crippen LogP contribution in [0.25, 0.3) is 11.5 Å². The highest BCUT2D eigenvalue weighted by molar-refractivity contribution is 5.80. The molecule has 2 heterocycles. The van der Waals surface area contributed by atoms with Crippen LogP contribution >= 0.6 is 0 Å². The molecular weight excluding hydrogens is 300 g/mol. The SMILES string of the molecule is O=C(O)C1CN(C(=O)Cc2coc(-c3ccccc3)n2)CCO1. The van der Waals surface area contributed by atoms with Gasteiger partial charge >= 0.3 is 5.97 Å². The summed E-state index contributed by atoms with van der Waals surface area (Å²) in [4.78, 5) is 29.0. The van der Waals surface area contributed by atoms with Gasteiger partial charge in [0.15, 0.2) is 6.10 Å². The fraction of sp³-hybridized carbons (Fsp3) is 0.312. The number of aromatic nitrogens is 1. The number of benzene rings is 1. The molecule has 0 radical (unpaired) electrons. The molecule has 7 nitrogen and oxygen atoms in total. The Hall–Kier alpha value is -2.67. The lowest BCUT2D eigenvalue weighted by Gasteiger charge is -2.30. The van der Waals surface area contributed by atoms with Gasteiger partial charge in [-0.1, -0.05) is 18.2 Å². The third kappa shape index (κ3) is 3.57. The summed E-state index contributed by atoms with van der Waals surface area (Å²) in [5.74, 6) is -0.790. The van der Waals surface area contributed by atoms with E-state index < -0.39 is 12.1 Å². The normalized spacial score (nSPS) is 17.9. The number of nitrogens with zero attached hydrogens (tertiary/aromatic N) is 2. The lowest BCUT2D eigenvalue weighted by Crippen LogP contribution is -2.49. The minimum atomic E-state index is -1.06. The maximum Gasteiger partial charge on any atom is 0.334 e. The molecular formula is C16H16N2O5. The first-order valence-electron chi connectivity index (χ1n) is 7.25. The number of carbonyl (C=O) groups excluding carboxylic acids is 1. The van der Waals surface area contributed by atoms with Gasteiger partial charge in [-0.25, -0.2) is 9.78 Å². The van der Waals surface area contributed by atoms with Crippen molar-refractivity contribution in [3.05, 3.63) is 42.3 Å². The molecule has 0 saturated carbocycles. The van der Waals surface area contributed by atoms with Crippen molar-refractivity contribution in [3.8, 4) is 11.5 Å². The summed E-state index contributed by atoms with van der Waals surface area (Å²) in [5.41, 5.74) is 1.36. The van der Waals surface area contributed by atoms with Crippen molar-refractivity contribution in [1.29, 1.82) is 0 Å². The summed E-state index contributed by atoms with van der Waals surface area (Å²) in [6.45, 7) is 0.653. The molecule has 1 fully saturated rings. The number of hydrogen-bond acceptors (Lipinski definition) is 5. The Kier molecular flexibility index (Phi) is 4.38. The Bertz CT molecular complexity index is 698. The van der Waals surface area contributed by atoms with Crippen LogP contribution in [0.15, 0.2) is 41.0 Å². The highest BCUT2D eigenvalue weighted by Gasteiger charge is 2.29. The van der Waals surface area contributed by atoms with E-state index in [0.717, 1.165) is 5.56 Å². The fourth-order valence-electron chi connectivity index (χ4n) is 2.39. The molecule has 1 unspecified atom stereocenters. The number of amides is 1. The third-order valence-corrected chi connectivity index (χ3v) is 3.60. The van der Waals surface area contributed by atoms with Gasteiger partial charge in [-0.15, -0.1) is 0 Å². The fourth-order valence-corrected chi connectivity index (χ4v) is 2.39. The maximum atomic E-state index is 12.3. The predicted molar refractivity (Wildman–Crippen MR) is 79.6 cm³/mol. The van der Waals surface area contributed by atoms with Gasteiger partial charge in [0.1, 0.15) is 6.26 Å². The Morgan fingerprint density at radius 1 is 1.30 bits per heavy atom. The van der Waals surface area contributed by atoms with Crippen LogP contribution < -0.4 is 0 Å². The summed E-state index contributed by atoms with van der Waals surface area (Å²) in [5, 5.41) is 8.97. The Morgan fingerprint density at radius 3 is 2.83 bits per heavy atom. The first kappa shape index (κ1) is 15.2. The van der Waals surface area contributed by atoms with Crippen LogP contribution in [-0.2, 0) is 20.7 Å². The summed E-state index contributed by atoms with van der Waals surface area (Å²) in [7, 11) is 0. The molecule has 1 saturated heterocycles. The number of carbonyl (C=O) groups is 2. The van der Waals surface area contributed by atoms with Crippen LogP contribution in [-0.4, -0.2) is 52.7 Å². The van der Waals surface area contributed by atoms with E-state index in [9.17, 15) is 9.59 Å².